The number of carbonyl (C=O) groups excluding carboxylic acids is 1. The van der Waals surface area contributed by atoms with E-state index in [1.807, 2.05) is 11.8 Å². The Morgan fingerprint density at radius 2 is 1.93 bits per heavy atom. The number of hydrogen-bond acceptors (Lipinski definition) is 5. The van der Waals surface area contributed by atoms with Crippen molar-refractivity contribution in [2.45, 2.75) is 37.8 Å². The van der Waals surface area contributed by atoms with Crippen LogP contribution in [0.5, 0.6) is 0 Å². The van der Waals surface area contributed by atoms with Crippen LogP contribution in [-0.2, 0) is 36.5 Å². The molecule has 0 spiro atoms. The first-order valence-corrected chi connectivity index (χ1v) is 13.5. The molecule has 3 aliphatic heterocycles. The summed E-state index contributed by atoms with van der Waals surface area (Å²) in [5.41, 5.74) is -0.519. The SMILES string of the molecule is Cn1cnnc1[C@@H](F)C1(c2cccc(N3Cc4c(cc(CN5CC(C)(CCl)C5)cc4C(F)(F)F)C3=O)c2)COC1. The first-order valence-electron chi connectivity index (χ1n) is 12.9. The van der Waals surface area contributed by atoms with Gasteiger partial charge in [0, 0.05) is 49.2 Å². The molecule has 0 aliphatic carbocycles. The first-order chi connectivity index (χ1) is 18.9. The largest absolute Gasteiger partial charge is 0.416 e. The fourth-order valence-electron chi connectivity index (χ4n) is 6.04. The van der Waals surface area contributed by atoms with E-state index in [0.29, 0.717) is 42.3 Å². The van der Waals surface area contributed by atoms with Crippen LogP contribution in [0.1, 0.15) is 51.5 Å². The highest BCUT2D eigenvalue weighted by Gasteiger charge is 2.51. The van der Waals surface area contributed by atoms with E-state index in [1.54, 1.807) is 37.4 Å². The van der Waals surface area contributed by atoms with Gasteiger partial charge in [-0.1, -0.05) is 19.1 Å². The lowest BCUT2D eigenvalue weighted by atomic mass is 9.74. The van der Waals surface area contributed by atoms with Crippen molar-refractivity contribution in [3.8, 4) is 0 Å². The Hall–Kier alpha value is -3.02. The third-order valence-electron chi connectivity index (χ3n) is 8.26. The number of aromatic nitrogens is 3. The van der Waals surface area contributed by atoms with Gasteiger partial charge < -0.3 is 14.2 Å². The van der Waals surface area contributed by atoms with Crippen molar-refractivity contribution < 1.29 is 27.1 Å². The van der Waals surface area contributed by atoms with E-state index < -0.39 is 29.2 Å². The molecule has 0 saturated carbocycles. The molecule has 1 aromatic heterocycles. The number of amides is 1. The first kappa shape index (κ1) is 27.2. The zero-order valence-corrected chi connectivity index (χ0v) is 22.8. The second kappa shape index (κ2) is 9.53. The number of fused-ring (bicyclic) bond motifs is 1. The Labute approximate surface area is 233 Å². The van der Waals surface area contributed by atoms with Crippen LogP contribution in [0.15, 0.2) is 42.7 Å². The quantitative estimate of drug-likeness (QED) is 0.291. The molecule has 0 bridgehead atoms. The number of likely N-dealkylation sites (tertiary alicyclic amines) is 1. The number of benzene rings is 2. The van der Waals surface area contributed by atoms with Crippen LogP contribution in [0.4, 0.5) is 23.2 Å². The molecule has 12 heteroatoms. The van der Waals surface area contributed by atoms with Crippen molar-refractivity contribution in [1.29, 1.82) is 0 Å². The number of halogens is 5. The van der Waals surface area contributed by atoms with Crippen LogP contribution in [-0.4, -0.2) is 57.8 Å². The zero-order chi connectivity index (χ0) is 28.4. The lowest BCUT2D eigenvalue weighted by molar-refractivity contribution is -0.138. The van der Waals surface area contributed by atoms with Gasteiger partial charge in [-0.25, -0.2) is 4.39 Å². The van der Waals surface area contributed by atoms with Gasteiger partial charge in [0.05, 0.1) is 30.7 Å². The number of carbonyl (C=O) groups is 1. The lowest BCUT2D eigenvalue weighted by Crippen LogP contribution is -2.54. The van der Waals surface area contributed by atoms with Crippen molar-refractivity contribution in [1.82, 2.24) is 19.7 Å². The molecule has 4 heterocycles. The number of rotatable bonds is 7. The van der Waals surface area contributed by atoms with Crippen LogP contribution < -0.4 is 4.90 Å². The van der Waals surface area contributed by atoms with E-state index in [-0.39, 0.29) is 42.1 Å². The maximum absolute atomic E-state index is 15.8. The van der Waals surface area contributed by atoms with E-state index in [9.17, 15) is 18.0 Å². The summed E-state index contributed by atoms with van der Waals surface area (Å²) in [6, 6.07) is 9.45. The molecule has 0 N–H and O–H groups in total. The third kappa shape index (κ3) is 4.38. The molecule has 6 rings (SSSR count). The normalized spacial score (nSPS) is 20.7. The highest BCUT2D eigenvalue weighted by molar-refractivity contribution is 6.18. The monoisotopic (exact) mass is 577 g/mol. The molecule has 2 saturated heterocycles. The minimum absolute atomic E-state index is 0.0417. The van der Waals surface area contributed by atoms with E-state index in [0.717, 1.165) is 6.07 Å². The maximum Gasteiger partial charge on any atom is 0.416 e. The Morgan fingerprint density at radius 3 is 2.52 bits per heavy atom. The molecule has 40 heavy (non-hydrogen) atoms. The van der Waals surface area contributed by atoms with Crippen LogP contribution >= 0.6 is 11.6 Å². The molecule has 2 aromatic carbocycles. The van der Waals surface area contributed by atoms with Crippen LogP contribution in [0.2, 0.25) is 0 Å². The zero-order valence-electron chi connectivity index (χ0n) is 22.0. The van der Waals surface area contributed by atoms with Crippen LogP contribution in [0.25, 0.3) is 0 Å². The summed E-state index contributed by atoms with van der Waals surface area (Å²) in [7, 11) is 1.65. The fourth-order valence-corrected chi connectivity index (χ4v) is 6.21. The topological polar surface area (TPSA) is 63.5 Å². The van der Waals surface area contributed by atoms with Crippen molar-refractivity contribution in [2.75, 3.05) is 37.1 Å². The number of ether oxygens (including phenoxy) is 1. The molecule has 212 valence electrons. The van der Waals surface area contributed by atoms with E-state index in [2.05, 4.69) is 10.2 Å². The van der Waals surface area contributed by atoms with Crippen molar-refractivity contribution >= 4 is 23.2 Å². The lowest BCUT2D eigenvalue weighted by Gasteiger charge is -2.47. The van der Waals surface area contributed by atoms with Gasteiger partial charge in [-0.2, -0.15) is 13.2 Å². The second-order valence-corrected chi connectivity index (χ2v) is 11.8. The Bertz CT molecular complexity index is 1470. The number of aryl methyl sites for hydroxylation is 1. The molecule has 0 unspecified atom stereocenters. The van der Waals surface area contributed by atoms with Gasteiger partial charge in [0.2, 0.25) is 0 Å². The van der Waals surface area contributed by atoms with Crippen molar-refractivity contribution in [2.24, 2.45) is 12.5 Å². The van der Waals surface area contributed by atoms with Gasteiger partial charge in [-0.3, -0.25) is 9.69 Å². The summed E-state index contributed by atoms with van der Waals surface area (Å²) < 4.78 is 65.3. The van der Waals surface area contributed by atoms with Crippen molar-refractivity contribution in [3.05, 3.63) is 76.4 Å². The second-order valence-electron chi connectivity index (χ2n) is 11.5. The number of nitrogens with zero attached hydrogens (tertiary/aromatic N) is 5. The number of hydrogen-bond donors (Lipinski definition) is 0. The maximum atomic E-state index is 15.8. The summed E-state index contributed by atoms with van der Waals surface area (Å²) in [5.74, 6) is 0.107. The average molecular weight is 578 g/mol. The third-order valence-corrected chi connectivity index (χ3v) is 8.90. The number of alkyl halides is 5. The summed E-state index contributed by atoms with van der Waals surface area (Å²) >= 11 is 6.01. The minimum atomic E-state index is -4.62. The summed E-state index contributed by atoms with van der Waals surface area (Å²) in [4.78, 5) is 16.9. The summed E-state index contributed by atoms with van der Waals surface area (Å²) in [6.07, 6.45) is -4.74. The summed E-state index contributed by atoms with van der Waals surface area (Å²) in [6.45, 7) is 3.65. The van der Waals surface area contributed by atoms with Crippen molar-refractivity contribution in [3.63, 3.8) is 0 Å². The molecule has 3 aliphatic rings. The Balaban J connectivity index is 1.31. The average Bonchev–Trinajstić information content (AvgIpc) is 3.44. The molecular weight excluding hydrogens is 550 g/mol. The van der Waals surface area contributed by atoms with Crippen LogP contribution in [0.3, 0.4) is 0 Å². The highest BCUT2D eigenvalue weighted by Crippen LogP contribution is 2.47. The standard InChI is InChI=1S/C28H28ClF4N5O2/c1-26(11-29)12-37(13-26)9-17-6-20-21(22(7-17)28(31,32)33)10-38(25(20)39)19-5-3-4-18(8-19)27(14-40-15-27)23(30)24-35-34-16-36(24)2/h3-8,16,23H,9-15H2,1-2H3/t23-/m1/s1. The minimum Gasteiger partial charge on any atom is -0.379 e. The smallest absolute Gasteiger partial charge is 0.379 e. The molecule has 1 atom stereocenters. The predicted molar refractivity (Wildman–Crippen MR) is 140 cm³/mol. The molecule has 7 nitrogen and oxygen atoms in total. The molecule has 1 amide bonds. The Kier molecular flexibility index (Phi) is 6.47. The van der Waals surface area contributed by atoms with E-state index in [1.165, 1.54) is 15.8 Å². The number of anilines is 1. The van der Waals surface area contributed by atoms with Gasteiger partial charge in [0.15, 0.2) is 12.0 Å². The molecule has 2 fully saturated rings. The van der Waals surface area contributed by atoms with E-state index >= 15 is 4.39 Å². The highest BCUT2D eigenvalue weighted by atomic mass is 35.5. The van der Waals surface area contributed by atoms with E-state index in [4.69, 9.17) is 16.3 Å². The van der Waals surface area contributed by atoms with Gasteiger partial charge in [0.25, 0.3) is 5.91 Å². The molecular formula is C28H28ClF4N5O2. The molecule has 3 aromatic rings. The molecule has 0 radical (unpaired) electrons. The predicted octanol–water partition coefficient (Wildman–Crippen LogP) is 5.03. The van der Waals surface area contributed by atoms with Gasteiger partial charge in [0.1, 0.15) is 6.33 Å². The Morgan fingerprint density at radius 1 is 1.18 bits per heavy atom. The van der Waals surface area contributed by atoms with Crippen LogP contribution in [0, 0.1) is 5.41 Å². The van der Waals surface area contributed by atoms with Gasteiger partial charge >= 0.3 is 6.18 Å². The fraction of sp³-hybridized carbons (Fsp3) is 0.464. The van der Waals surface area contributed by atoms with Gasteiger partial charge in [-0.05, 0) is 41.0 Å². The van der Waals surface area contributed by atoms with Gasteiger partial charge in [-0.15, -0.1) is 21.8 Å². The summed E-state index contributed by atoms with van der Waals surface area (Å²) in [5, 5.41) is 7.69.